The number of rotatable bonds is 5. The Balaban J connectivity index is 2.83. The van der Waals surface area contributed by atoms with Gasteiger partial charge in [-0.05, 0) is 38.1 Å². The summed E-state index contributed by atoms with van der Waals surface area (Å²) < 4.78 is 0. The summed E-state index contributed by atoms with van der Waals surface area (Å²) in [6.07, 6.45) is 0. The van der Waals surface area contributed by atoms with E-state index in [1.807, 2.05) is 31.1 Å². The molecular weight excluding hydrogens is 230 g/mol. The fourth-order valence-electron chi connectivity index (χ4n) is 1.39. The Labute approximate surface area is 107 Å². The lowest BCUT2D eigenvalue weighted by molar-refractivity contribution is -0.126. The number of benzene rings is 1. The van der Waals surface area contributed by atoms with Crippen LogP contribution >= 0.6 is 0 Å². The van der Waals surface area contributed by atoms with Crippen molar-refractivity contribution in [3.8, 4) is 0 Å². The highest BCUT2D eigenvalue weighted by Crippen LogP contribution is 2.18. The first kappa shape index (κ1) is 14.0. The average molecular weight is 247 g/mol. The van der Waals surface area contributed by atoms with Crippen LogP contribution in [0.25, 0.3) is 0 Å². The lowest BCUT2D eigenvalue weighted by Gasteiger charge is -2.11. The molecule has 5 nitrogen and oxygen atoms in total. The second-order valence-corrected chi connectivity index (χ2v) is 4.25. The first-order valence-corrected chi connectivity index (χ1v) is 5.61. The van der Waals surface area contributed by atoms with Gasteiger partial charge in [0.2, 0.25) is 0 Å². The Morgan fingerprint density at radius 3 is 1.94 bits per heavy atom. The zero-order valence-electron chi connectivity index (χ0n) is 11.0. The van der Waals surface area contributed by atoms with Gasteiger partial charge in [-0.25, -0.2) is 0 Å². The minimum Gasteiger partial charge on any atom is -0.378 e. The van der Waals surface area contributed by atoms with E-state index in [1.165, 1.54) is 13.8 Å². The summed E-state index contributed by atoms with van der Waals surface area (Å²) in [6, 6.07) is 6.38. The molecule has 1 aromatic rings. The Hall–Kier alpha value is -2.04. The Morgan fingerprint density at radius 2 is 1.56 bits per heavy atom. The number of hydrogen-bond donors (Lipinski definition) is 0. The zero-order chi connectivity index (χ0) is 13.7. The number of Topliss-reactive ketones (excluding diaryl/α,β-unsaturated/α-hetero) is 2. The van der Waals surface area contributed by atoms with Gasteiger partial charge in [0.05, 0.1) is 5.69 Å². The van der Waals surface area contributed by atoms with Gasteiger partial charge in [-0.1, -0.05) is 0 Å². The predicted molar refractivity (Wildman–Crippen MR) is 70.4 cm³/mol. The van der Waals surface area contributed by atoms with Crippen molar-refractivity contribution in [1.29, 1.82) is 0 Å². The highest BCUT2D eigenvalue weighted by molar-refractivity contribution is 6.04. The maximum Gasteiger partial charge on any atom is 0.187 e. The largest absolute Gasteiger partial charge is 0.378 e. The van der Waals surface area contributed by atoms with E-state index in [1.54, 1.807) is 12.1 Å². The zero-order valence-corrected chi connectivity index (χ0v) is 11.0. The summed E-state index contributed by atoms with van der Waals surface area (Å²) in [5.41, 5.74) is 1.66. The van der Waals surface area contributed by atoms with Crippen molar-refractivity contribution < 1.29 is 9.59 Å². The summed E-state index contributed by atoms with van der Waals surface area (Å²) in [6.45, 7) is 2.67. The molecule has 0 saturated heterocycles. The molecule has 0 amide bonds. The minimum absolute atomic E-state index is 0.295. The Bertz CT molecular complexity index is 450. The van der Waals surface area contributed by atoms with Gasteiger partial charge >= 0.3 is 0 Å². The van der Waals surface area contributed by atoms with Crippen LogP contribution in [0.3, 0.4) is 0 Å². The van der Waals surface area contributed by atoms with Crippen molar-refractivity contribution in [3.63, 3.8) is 0 Å². The molecule has 0 heterocycles. The molecular formula is C13H17N3O2. The summed E-state index contributed by atoms with van der Waals surface area (Å²) in [5.74, 6) is -0.590. The number of ketones is 2. The van der Waals surface area contributed by atoms with Crippen LogP contribution < -0.4 is 4.90 Å². The molecule has 5 heteroatoms. The Morgan fingerprint density at radius 1 is 1.06 bits per heavy atom. The van der Waals surface area contributed by atoms with Crippen LogP contribution in [-0.4, -0.2) is 31.7 Å². The van der Waals surface area contributed by atoms with Crippen molar-refractivity contribution >= 4 is 22.9 Å². The van der Waals surface area contributed by atoms with Crippen LogP contribution in [0, 0.1) is 0 Å². The maximum absolute atomic E-state index is 11.2. The van der Waals surface area contributed by atoms with E-state index in [-0.39, 0.29) is 11.6 Å². The van der Waals surface area contributed by atoms with Gasteiger partial charge in [0.1, 0.15) is 0 Å². The molecule has 1 aromatic carbocycles. The van der Waals surface area contributed by atoms with Crippen LogP contribution in [0.4, 0.5) is 11.4 Å². The topological polar surface area (TPSA) is 62.1 Å². The first-order valence-electron chi connectivity index (χ1n) is 5.61. The molecule has 0 aliphatic rings. The Kier molecular flexibility index (Phi) is 4.71. The highest BCUT2D eigenvalue weighted by atomic mass is 16.2. The first-order chi connectivity index (χ1) is 8.41. The van der Waals surface area contributed by atoms with Crippen molar-refractivity contribution in [3.05, 3.63) is 24.3 Å². The summed E-state index contributed by atoms with van der Waals surface area (Å²) in [5, 5.41) is 7.69. The van der Waals surface area contributed by atoms with Crippen LogP contribution in [0.2, 0.25) is 0 Å². The third kappa shape index (κ3) is 3.76. The lowest BCUT2D eigenvalue weighted by atomic mass is 10.1. The number of anilines is 1. The average Bonchev–Trinajstić information content (AvgIpc) is 2.28. The van der Waals surface area contributed by atoms with E-state index in [4.69, 9.17) is 0 Å². The SMILES string of the molecule is CC(=O)C(N=Nc1ccc(N(C)C)cc1)C(C)=O. The molecule has 0 spiro atoms. The molecule has 0 aliphatic heterocycles. The van der Waals surface area contributed by atoms with Crippen molar-refractivity contribution in [2.45, 2.75) is 19.9 Å². The van der Waals surface area contributed by atoms with Gasteiger partial charge in [0.15, 0.2) is 17.6 Å². The van der Waals surface area contributed by atoms with Gasteiger partial charge in [0, 0.05) is 19.8 Å². The quantitative estimate of drug-likeness (QED) is 0.592. The molecule has 0 aromatic heterocycles. The molecule has 96 valence electrons. The van der Waals surface area contributed by atoms with E-state index in [0.717, 1.165) is 5.69 Å². The van der Waals surface area contributed by atoms with Gasteiger partial charge in [-0.3, -0.25) is 9.59 Å². The third-order valence-electron chi connectivity index (χ3n) is 2.42. The number of carbonyl (C=O) groups excluding carboxylic acids is 2. The maximum atomic E-state index is 11.2. The minimum atomic E-state index is -0.987. The number of azo groups is 1. The van der Waals surface area contributed by atoms with Crippen molar-refractivity contribution in [1.82, 2.24) is 0 Å². The molecule has 1 rings (SSSR count). The highest BCUT2D eigenvalue weighted by Gasteiger charge is 2.18. The monoisotopic (exact) mass is 247 g/mol. The molecule has 0 N–H and O–H groups in total. The van der Waals surface area contributed by atoms with Gasteiger partial charge in [-0.15, -0.1) is 0 Å². The number of carbonyl (C=O) groups is 2. The van der Waals surface area contributed by atoms with Gasteiger partial charge < -0.3 is 4.90 Å². The smallest absolute Gasteiger partial charge is 0.187 e. The van der Waals surface area contributed by atoms with Crippen LogP contribution in [-0.2, 0) is 9.59 Å². The van der Waals surface area contributed by atoms with E-state index in [2.05, 4.69) is 10.2 Å². The van der Waals surface area contributed by atoms with Gasteiger partial charge in [0.25, 0.3) is 0 Å². The number of hydrogen-bond acceptors (Lipinski definition) is 5. The summed E-state index contributed by atoms with van der Waals surface area (Å²) >= 11 is 0. The predicted octanol–water partition coefficient (Wildman–Crippen LogP) is 2.38. The summed E-state index contributed by atoms with van der Waals surface area (Å²) in [7, 11) is 3.89. The second kappa shape index (κ2) is 6.05. The number of nitrogens with zero attached hydrogens (tertiary/aromatic N) is 3. The van der Waals surface area contributed by atoms with Crippen LogP contribution in [0.5, 0.6) is 0 Å². The van der Waals surface area contributed by atoms with Gasteiger partial charge in [-0.2, -0.15) is 10.2 Å². The normalized spacial score (nSPS) is 10.9. The molecule has 0 unspecified atom stereocenters. The molecule has 0 saturated carbocycles. The molecule has 0 fully saturated rings. The summed E-state index contributed by atoms with van der Waals surface area (Å²) in [4.78, 5) is 24.3. The molecule has 0 atom stereocenters. The lowest BCUT2D eigenvalue weighted by Crippen LogP contribution is -2.23. The standard InChI is InChI=1S/C13H17N3O2/c1-9(17)13(10(2)18)15-14-11-5-7-12(8-6-11)16(3)4/h5-8,13H,1-4H3. The van der Waals surface area contributed by atoms with E-state index in [0.29, 0.717) is 5.69 Å². The van der Waals surface area contributed by atoms with Crippen molar-refractivity contribution in [2.24, 2.45) is 10.2 Å². The van der Waals surface area contributed by atoms with E-state index in [9.17, 15) is 9.59 Å². The van der Waals surface area contributed by atoms with Crippen molar-refractivity contribution in [2.75, 3.05) is 19.0 Å². The van der Waals surface area contributed by atoms with Crippen LogP contribution in [0.15, 0.2) is 34.5 Å². The van der Waals surface area contributed by atoms with E-state index < -0.39 is 6.04 Å². The van der Waals surface area contributed by atoms with E-state index >= 15 is 0 Å². The third-order valence-corrected chi connectivity index (χ3v) is 2.42. The fraction of sp³-hybridized carbons (Fsp3) is 0.385. The second-order valence-electron chi connectivity index (χ2n) is 4.25. The molecule has 0 bridgehead atoms. The molecule has 0 radical (unpaired) electrons. The van der Waals surface area contributed by atoms with Crippen LogP contribution in [0.1, 0.15) is 13.8 Å². The molecule has 0 aliphatic carbocycles. The fourth-order valence-corrected chi connectivity index (χ4v) is 1.39. The molecule has 18 heavy (non-hydrogen) atoms.